The van der Waals surface area contributed by atoms with E-state index < -0.39 is 4.92 Å². The second-order valence-electron chi connectivity index (χ2n) is 7.08. The molecule has 2 amide bonds. The van der Waals surface area contributed by atoms with Gasteiger partial charge in [0.05, 0.1) is 4.92 Å². The summed E-state index contributed by atoms with van der Waals surface area (Å²) in [5.74, 6) is -0.448. The first-order valence-corrected chi connectivity index (χ1v) is 9.28. The minimum Gasteiger partial charge on any atom is -0.349 e. The molecule has 1 N–H and O–H groups in total. The molecule has 28 heavy (non-hydrogen) atoms. The van der Waals surface area contributed by atoms with Gasteiger partial charge in [0.15, 0.2) is 0 Å². The second-order valence-corrected chi connectivity index (χ2v) is 7.08. The Balaban J connectivity index is 1.64. The molecule has 2 aromatic carbocycles. The zero-order valence-corrected chi connectivity index (χ0v) is 16.0. The van der Waals surface area contributed by atoms with Gasteiger partial charge in [-0.15, -0.1) is 0 Å². The van der Waals surface area contributed by atoms with Crippen molar-refractivity contribution in [1.82, 2.24) is 10.2 Å². The highest BCUT2D eigenvalue weighted by Crippen LogP contribution is 2.25. The maximum Gasteiger partial charge on any atom is 0.285 e. The Hall–Kier alpha value is -3.22. The second kappa shape index (κ2) is 8.21. The van der Waals surface area contributed by atoms with Gasteiger partial charge in [-0.25, -0.2) is 0 Å². The van der Waals surface area contributed by atoms with Gasteiger partial charge in [-0.1, -0.05) is 30.3 Å². The van der Waals surface area contributed by atoms with Crippen LogP contribution in [0.3, 0.4) is 0 Å². The highest BCUT2D eigenvalue weighted by molar-refractivity contribution is 5.99. The summed E-state index contributed by atoms with van der Waals surface area (Å²) in [4.78, 5) is 37.7. The molecule has 0 unspecified atom stereocenters. The average molecular weight is 381 g/mol. The molecule has 3 rings (SSSR count). The average Bonchev–Trinajstić information content (AvgIpc) is 2.67. The summed E-state index contributed by atoms with van der Waals surface area (Å²) in [6, 6.07) is 12.2. The van der Waals surface area contributed by atoms with Crippen LogP contribution in [-0.2, 0) is 0 Å². The highest BCUT2D eigenvalue weighted by atomic mass is 16.6. The molecule has 1 fully saturated rings. The summed E-state index contributed by atoms with van der Waals surface area (Å²) >= 11 is 0. The van der Waals surface area contributed by atoms with Crippen molar-refractivity contribution in [3.8, 4) is 0 Å². The van der Waals surface area contributed by atoms with Crippen LogP contribution in [0.5, 0.6) is 0 Å². The van der Waals surface area contributed by atoms with Crippen LogP contribution in [0.25, 0.3) is 0 Å². The fourth-order valence-corrected chi connectivity index (χ4v) is 3.56. The number of nitrogens with zero attached hydrogens (tertiary/aromatic N) is 2. The topological polar surface area (TPSA) is 92.6 Å². The van der Waals surface area contributed by atoms with Gasteiger partial charge in [0.1, 0.15) is 5.56 Å². The van der Waals surface area contributed by atoms with Crippen LogP contribution in [0, 0.1) is 24.0 Å². The minimum absolute atomic E-state index is 0.0244. The van der Waals surface area contributed by atoms with E-state index in [0.717, 1.165) is 5.56 Å². The number of amides is 2. The van der Waals surface area contributed by atoms with E-state index >= 15 is 0 Å². The summed E-state index contributed by atoms with van der Waals surface area (Å²) in [6.45, 7) is 4.42. The molecule has 2 aromatic rings. The standard InChI is InChI=1S/C21H23N3O4/c1-14-6-3-4-8-17(14)20(25)22-16-10-12-23(13-11-16)21(26)18-9-5-7-15(2)19(18)24(27)28/h3-9,16H,10-13H2,1-2H3,(H,22,25). The van der Waals surface area contributed by atoms with Gasteiger partial charge in [0.25, 0.3) is 17.5 Å². The summed E-state index contributed by atoms with van der Waals surface area (Å²) in [5.41, 5.74) is 2.02. The Morgan fingerprint density at radius 1 is 1.00 bits per heavy atom. The lowest BCUT2D eigenvalue weighted by molar-refractivity contribution is -0.385. The third-order valence-electron chi connectivity index (χ3n) is 5.16. The Morgan fingerprint density at radius 2 is 1.61 bits per heavy atom. The molecule has 1 aliphatic heterocycles. The molecule has 0 aromatic heterocycles. The third kappa shape index (κ3) is 4.03. The summed E-state index contributed by atoms with van der Waals surface area (Å²) < 4.78 is 0. The largest absolute Gasteiger partial charge is 0.349 e. The first kappa shape index (κ1) is 19.5. The van der Waals surface area contributed by atoms with Crippen molar-refractivity contribution in [3.05, 3.63) is 74.8 Å². The number of carbonyl (C=O) groups is 2. The van der Waals surface area contributed by atoms with Crippen LogP contribution in [0.1, 0.15) is 44.7 Å². The van der Waals surface area contributed by atoms with E-state index in [1.165, 1.54) is 6.07 Å². The zero-order chi connectivity index (χ0) is 20.3. The Labute approximate surface area is 163 Å². The number of aryl methyl sites for hydroxylation is 2. The van der Waals surface area contributed by atoms with Gasteiger partial charge in [0.2, 0.25) is 0 Å². The number of hydrogen-bond donors (Lipinski definition) is 1. The third-order valence-corrected chi connectivity index (χ3v) is 5.16. The molecule has 0 spiro atoms. The maximum atomic E-state index is 12.8. The fraction of sp³-hybridized carbons (Fsp3) is 0.333. The normalized spacial score (nSPS) is 14.6. The van der Waals surface area contributed by atoms with Crippen molar-refractivity contribution in [2.75, 3.05) is 13.1 Å². The predicted molar refractivity (Wildman–Crippen MR) is 105 cm³/mol. The molecule has 7 heteroatoms. The zero-order valence-electron chi connectivity index (χ0n) is 16.0. The molecule has 0 aliphatic carbocycles. The fourth-order valence-electron chi connectivity index (χ4n) is 3.56. The predicted octanol–water partition coefficient (Wildman–Crippen LogP) is 3.25. The first-order chi connectivity index (χ1) is 13.4. The monoisotopic (exact) mass is 381 g/mol. The van der Waals surface area contributed by atoms with E-state index in [1.54, 1.807) is 30.0 Å². The highest BCUT2D eigenvalue weighted by Gasteiger charge is 2.29. The number of nitro groups is 1. The van der Waals surface area contributed by atoms with Crippen molar-refractivity contribution in [2.45, 2.75) is 32.7 Å². The first-order valence-electron chi connectivity index (χ1n) is 9.28. The molecule has 1 heterocycles. The van der Waals surface area contributed by atoms with Crippen molar-refractivity contribution in [3.63, 3.8) is 0 Å². The van der Waals surface area contributed by atoms with Crippen LogP contribution < -0.4 is 5.32 Å². The van der Waals surface area contributed by atoms with Gasteiger partial charge in [0, 0.05) is 30.3 Å². The number of carbonyl (C=O) groups excluding carboxylic acids is 2. The van der Waals surface area contributed by atoms with Crippen LogP contribution in [0.2, 0.25) is 0 Å². The van der Waals surface area contributed by atoms with Crippen molar-refractivity contribution < 1.29 is 14.5 Å². The smallest absolute Gasteiger partial charge is 0.285 e. The Morgan fingerprint density at radius 3 is 2.25 bits per heavy atom. The maximum absolute atomic E-state index is 12.8. The van der Waals surface area contributed by atoms with Gasteiger partial charge in [-0.2, -0.15) is 0 Å². The molecule has 1 saturated heterocycles. The minimum atomic E-state index is -0.502. The summed E-state index contributed by atoms with van der Waals surface area (Å²) in [6.07, 6.45) is 1.23. The number of benzene rings is 2. The van der Waals surface area contributed by atoms with Gasteiger partial charge in [-0.3, -0.25) is 19.7 Å². The lowest BCUT2D eigenvalue weighted by atomic mass is 10.0. The molecule has 0 radical (unpaired) electrons. The number of likely N-dealkylation sites (tertiary alicyclic amines) is 1. The van der Waals surface area contributed by atoms with Gasteiger partial charge < -0.3 is 10.2 Å². The lowest BCUT2D eigenvalue weighted by Crippen LogP contribution is -2.46. The van der Waals surface area contributed by atoms with E-state index in [4.69, 9.17) is 0 Å². The van der Waals surface area contributed by atoms with E-state index in [1.807, 2.05) is 25.1 Å². The van der Waals surface area contributed by atoms with Crippen molar-refractivity contribution in [2.24, 2.45) is 0 Å². The Kier molecular flexibility index (Phi) is 5.73. The van der Waals surface area contributed by atoms with E-state index in [9.17, 15) is 19.7 Å². The lowest BCUT2D eigenvalue weighted by Gasteiger charge is -2.32. The van der Waals surface area contributed by atoms with Crippen LogP contribution >= 0.6 is 0 Å². The molecular weight excluding hydrogens is 358 g/mol. The summed E-state index contributed by atoms with van der Waals surface area (Å²) in [5, 5.41) is 14.4. The number of para-hydroxylation sites is 1. The van der Waals surface area contributed by atoms with Crippen LogP contribution in [0.4, 0.5) is 5.69 Å². The number of nitrogens with one attached hydrogen (secondary N) is 1. The quantitative estimate of drug-likeness (QED) is 0.650. The molecular formula is C21H23N3O4. The number of nitro benzene ring substituents is 1. The van der Waals surface area contributed by atoms with E-state index in [0.29, 0.717) is 37.1 Å². The van der Waals surface area contributed by atoms with Crippen molar-refractivity contribution in [1.29, 1.82) is 0 Å². The van der Waals surface area contributed by atoms with Crippen LogP contribution in [-0.4, -0.2) is 40.8 Å². The molecule has 7 nitrogen and oxygen atoms in total. The summed E-state index contributed by atoms with van der Waals surface area (Å²) in [7, 11) is 0. The van der Waals surface area contributed by atoms with Crippen LogP contribution in [0.15, 0.2) is 42.5 Å². The van der Waals surface area contributed by atoms with Gasteiger partial charge >= 0.3 is 0 Å². The molecule has 0 bridgehead atoms. The number of rotatable bonds is 4. The number of hydrogen-bond acceptors (Lipinski definition) is 4. The molecule has 0 atom stereocenters. The SMILES string of the molecule is Cc1ccccc1C(=O)NC1CCN(C(=O)c2cccc(C)c2[N+](=O)[O-])CC1. The van der Waals surface area contributed by atoms with E-state index in [2.05, 4.69) is 5.32 Å². The van der Waals surface area contributed by atoms with Crippen molar-refractivity contribution >= 4 is 17.5 Å². The molecule has 0 saturated carbocycles. The Bertz CT molecular complexity index is 918. The molecule has 146 valence electrons. The number of piperidine rings is 1. The van der Waals surface area contributed by atoms with E-state index in [-0.39, 0.29) is 29.1 Å². The van der Waals surface area contributed by atoms with Gasteiger partial charge in [-0.05, 0) is 44.4 Å². The molecule has 1 aliphatic rings.